The quantitative estimate of drug-likeness (QED) is 0.359. The van der Waals surface area contributed by atoms with Crippen molar-refractivity contribution < 1.29 is 29.0 Å². The maximum Gasteiger partial charge on any atom is 0.245 e. The molecule has 4 aliphatic rings. The Hall–Kier alpha value is -3.31. The van der Waals surface area contributed by atoms with Crippen molar-refractivity contribution in [3.8, 4) is 0 Å². The zero-order chi connectivity index (χ0) is 30.0. The number of nitrogens with zero attached hydrogens (tertiary/aromatic N) is 2. The van der Waals surface area contributed by atoms with E-state index in [0.717, 1.165) is 24.2 Å². The molecule has 10 heteroatoms. The molecule has 2 aromatic carbocycles. The minimum atomic E-state index is -1.15. The first-order valence-electron chi connectivity index (χ1n) is 15.4. The van der Waals surface area contributed by atoms with Gasteiger partial charge in [0.25, 0.3) is 0 Å². The van der Waals surface area contributed by atoms with Gasteiger partial charge in [-0.2, -0.15) is 0 Å². The lowest BCUT2D eigenvalue weighted by Gasteiger charge is -2.37. The van der Waals surface area contributed by atoms with Gasteiger partial charge in [-0.1, -0.05) is 60.7 Å². The Morgan fingerprint density at radius 2 is 1.65 bits per heavy atom. The topological polar surface area (TPSA) is 120 Å². The van der Waals surface area contributed by atoms with Crippen molar-refractivity contribution in [3.05, 3.63) is 71.8 Å². The second-order valence-corrected chi connectivity index (χ2v) is 12.4. The summed E-state index contributed by atoms with van der Waals surface area (Å²) in [5, 5.41) is 16.7. The summed E-state index contributed by atoms with van der Waals surface area (Å²) in [5.74, 6) is -2.41. The van der Waals surface area contributed by atoms with Crippen LogP contribution in [0.15, 0.2) is 60.7 Å². The summed E-state index contributed by atoms with van der Waals surface area (Å²) in [5.41, 5.74) is -0.105. The fourth-order valence-corrected chi connectivity index (χ4v) is 7.75. The molecule has 4 fully saturated rings. The number of nitrogens with one attached hydrogen (secondary N) is 2. The molecule has 0 aromatic heterocycles. The van der Waals surface area contributed by atoms with Crippen molar-refractivity contribution in [2.75, 3.05) is 46.0 Å². The first kappa shape index (κ1) is 29.7. The summed E-state index contributed by atoms with van der Waals surface area (Å²) < 4.78 is 12.2. The number of benzene rings is 2. The van der Waals surface area contributed by atoms with Gasteiger partial charge in [-0.15, -0.1) is 0 Å². The molecule has 1 spiro atoms. The van der Waals surface area contributed by atoms with Gasteiger partial charge in [0.15, 0.2) is 0 Å². The summed E-state index contributed by atoms with van der Waals surface area (Å²) in [6, 6.07) is 17.7. The van der Waals surface area contributed by atoms with Crippen molar-refractivity contribution in [3.63, 3.8) is 0 Å². The molecule has 2 aromatic rings. The SMILES string of the molecule is C[C@@]12CCC3(O1)C(C(=O)NCCN1CCOCC1)N([C@@H](CO)Cc1ccccc1)C(=O)[C@@H]3[C@@H]2C(=O)NCc1ccccc1. The molecule has 0 aliphatic carbocycles. The predicted octanol–water partition coefficient (Wildman–Crippen LogP) is 1.12. The summed E-state index contributed by atoms with van der Waals surface area (Å²) in [6.07, 6.45) is 1.43. The molecule has 10 nitrogen and oxygen atoms in total. The number of morpholine rings is 1. The molecule has 4 saturated heterocycles. The maximum absolute atomic E-state index is 14.5. The van der Waals surface area contributed by atoms with Crippen molar-refractivity contribution >= 4 is 17.7 Å². The van der Waals surface area contributed by atoms with Crippen LogP contribution >= 0.6 is 0 Å². The zero-order valence-electron chi connectivity index (χ0n) is 24.7. The highest BCUT2D eigenvalue weighted by Crippen LogP contribution is 2.63. The molecule has 3 N–H and O–H groups in total. The lowest BCUT2D eigenvalue weighted by molar-refractivity contribution is -0.149. The first-order chi connectivity index (χ1) is 20.9. The van der Waals surface area contributed by atoms with Gasteiger partial charge in [-0.3, -0.25) is 19.3 Å². The summed E-state index contributed by atoms with van der Waals surface area (Å²) >= 11 is 0. The number of amides is 3. The molecule has 43 heavy (non-hydrogen) atoms. The van der Waals surface area contributed by atoms with E-state index in [-0.39, 0.29) is 24.3 Å². The number of hydrogen-bond acceptors (Lipinski definition) is 7. The van der Waals surface area contributed by atoms with Gasteiger partial charge in [0.2, 0.25) is 17.7 Å². The number of fused-ring (bicyclic) bond motifs is 1. The minimum absolute atomic E-state index is 0.247. The van der Waals surface area contributed by atoms with Crippen LogP contribution in [0, 0.1) is 11.8 Å². The molecular formula is C33H42N4O6. The van der Waals surface area contributed by atoms with Crippen molar-refractivity contribution in [2.24, 2.45) is 11.8 Å². The summed E-state index contributed by atoms with van der Waals surface area (Å²) in [6.45, 7) is 5.95. The van der Waals surface area contributed by atoms with Gasteiger partial charge in [-0.25, -0.2) is 0 Å². The molecule has 2 unspecified atom stereocenters. The molecule has 0 saturated carbocycles. The number of aliphatic hydroxyl groups excluding tert-OH is 1. The summed E-state index contributed by atoms with van der Waals surface area (Å²) in [7, 11) is 0. The molecular weight excluding hydrogens is 548 g/mol. The highest BCUT2D eigenvalue weighted by Gasteiger charge is 2.78. The van der Waals surface area contributed by atoms with Crippen LogP contribution in [0.4, 0.5) is 0 Å². The molecule has 4 heterocycles. The van der Waals surface area contributed by atoms with Crippen LogP contribution in [-0.2, 0) is 36.8 Å². The van der Waals surface area contributed by atoms with E-state index in [1.165, 1.54) is 0 Å². The molecule has 2 bridgehead atoms. The van der Waals surface area contributed by atoms with Crippen LogP contribution < -0.4 is 10.6 Å². The Bertz CT molecular complexity index is 1300. The normalized spacial score (nSPS) is 30.7. The highest BCUT2D eigenvalue weighted by molar-refractivity contribution is 5.99. The van der Waals surface area contributed by atoms with E-state index < -0.39 is 35.1 Å². The number of likely N-dealkylation sites (tertiary alicyclic amines) is 1. The standard InChI is InChI=1S/C33H42N4O6/c1-32-12-13-33(43-32)27(26(32)29(39)35-21-24-10-6-3-7-11-24)31(41)37(25(22-38)20-23-8-4-2-5-9-23)28(33)30(40)34-14-15-36-16-18-42-19-17-36/h2-11,25-28,38H,12-22H2,1H3,(H,34,40)(H,35,39)/t25-,26-,27+,28?,32+,33?/m1/s1. The second kappa shape index (κ2) is 12.4. The monoisotopic (exact) mass is 590 g/mol. The average molecular weight is 591 g/mol. The minimum Gasteiger partial charge on any atom is -0.394 e. The smallest absolute Gasteiger partial charge is 0.245 e. The number of hydrogen-bond donors (Lipinski definition) is 3. The molecule has 4 aliphatic heterocycles. The van der Waals surface area contributed by atoms with Crippen LogP contribution in [0.3, 0.4) is 0 Å². The molecule has 6 atom stereocenters. The number of carbonyl (C=O) groups is 3. The number of rotatable bonds is 11. The zero-order valence-corrected chi connectivity index (χ0v) is 24.7. The van der Waals surface area contributed by atoms with E-state index in [4.69, 9.17) is 9.47 Å². The van der Waals surface area contributed by atoms with Gasteiger partial charge in [0, 0.05) is 32.7 Å². The average Bonchev–Trinajstić information content (AvgIpc) is 3.60. The van der Waals surface area contributed by atoms with Crippen LogP contribution in [-0.4, -0.2) is 102 Å². The van der Waals surface area contributed by atoms with Crippen molar-refractivity contribution in [2.45, 2.75) is 56.0 Å². The van der Waals surface area contributed by atoms with Crippen molar-refractivity contribution in [1.82, 2.24) is 20.4 Å². The van der Waals surface area contributed by atoms with E-state index in [1.807, 2.05) is 67.6 Å². The Morgan fingerprint density at radius 1 is 0.977 bits per heavy atom. The third-order valence-corrected chi connectivity index (χ3v) is 9.80. The van der Waals surface area contributed by atoms with E-state index in [1.54, 1.807) is 4.90 Å². The van der Waals surface area contributed by atoms with Gasteiger partial charge in [0.05, 0.1) is 43.3 Å². The Morgan fingerprint density at radius 3 is 2.33 bits per heavy atom. The molecule has 0 radical (unpaired) electrons. The second-order valence-electron chi connectivity index (χ2n) is 12.4. The third kappa shape index (κ3) is 5.57. The van der Waals surface area contributed by atoms with Crippen LogP contribution in [0.5, 0.6) is 0 Å². The highest BCUT2D eigenvalue weighted by atomic mass is 16.5. The van der Waals surface area contributed by atoms with Gasteiger partial charge >= 0.3 is 0 Å². The van der Waals surface area contributed by atoms with Gasteiger partial charge in [-0.05, 0) is 37.3 Å². The van der Waals surface area contributed by atoms with E-state index in [9.17, 15) is 19.5 Å². The van der Waals surface area contributed by atoms with Gasteiger partial charge < -0.3 is 30.1 Å². The third-order valence-electron chi connectivity index (χ3n) is 9.80. The molecule has 3 amide bonds. The molecule has 6 rings (SSSR count). The predicted molar refractivity (Wildman–Crippen MR) is 159 cm³/mol. The van der Waals surface area contributed by atoms with Crippen molar-refractivity contribution in [1.29, 1.82) is 0 Å². The van der Waals surface area contributed by atoms with E-state index in [2.05, 4.69) is 15.5 Å². The van der Waals surface area contributed by atoms with E-state index >= 15 is 0 Å². The maximum atomic E-state index is 14.5. The number of aliphatic hydroxyl groups is 1. The Balaban J connectivity index is 1.28. The lowest BCUT2D eigenvalue weighted by atomic mass is 9.66. The van der Waals surface area contributed by atoms with Crippen LogP contribution in [0.1, 0.15) is 30.9 Å². The fraction of sp³-hybridized carbons (Fsp3) is 0.545. The fourth-order valence-electron chi connectivity index (χ4n) is 7.75. The summed E-state index contributed by atoms with van der Waals surface area (Å²) in [4.78, 5) is 46.2. The first-order valence-corrected chi connectivity index (χ1v) is 15.4. The Kier molecular flexibility index (Phi) is 8.55. The number of carbonyl (C=O) groups excluding carboxylic acids is 3. The number of ether oxygens (including phenoxy) is 2. The van der Waals surface area contributed by atoms with Gasteiger partial charge in [0.1, 0.15) is 11.6 Å². The molecule has 230 valence electrons. The lowest BCUT2D eigenvalue weighted by Crippen LogP contribution is -2.59. The van der Waals surface area contributed by atoms with Crippen LogP contribution in [0.2, 0.25) is 0 Å². The Labute approximate surface area is 252 Å². The van der Waals surface area contributed by atoms with E-state index in [0.29, 0.717) is 52.1 Å². The largest absolute Gasteiger partial charge is 0.394 e. The van der Waals surface area contributed by atoms with Crippen LogP contribution in [0.25, 0.3) is 0 Å².